The molecule has 0 bridgehead atoms. The molecule has 0 fully saturated rings. The van der Waals surface area contributed by atoms with Gasteiger partial charge in [0.2, 0.25) is 15.9 Å². The molecular weight excluding hydrogens is 354 g/mol. The second-order valence-electron chi connectivity index (χ2n) is 5.38. The number of carbonyl (C=O) groups is 1. The van der Waals surface area contributed by atoms with Gasteiger partial charge in [-0.15, -0.1) is 12.4 Å². The van der Waals surface area contributed by atoms with Crippen molar-refractivity contribution in [2.24, 2.45) is 5.73 Å². The van der Waals surface area contributed by atoms with Crippen LogP contribution >= 0.6 is 12.4 Å². The summed E-state index contributed by atoms with van der Waals surface area (Å²) in [5, 5.41) is 2.61. The van der Waals surface area contributed by atoms with Crippen molar-refractivity contribution in [3.8, 4) is 0 Å². The molecule has 1 atom stereocenters. The number of ether oxygens (including phenoxy) is 1. The van der Waals surface area contributed by atoms with Crippen LogP contribution < -0.4 is 15.8 Å². The van der Waals surface area contributed by atoms with Crippen molar-refractivity contribution in [1.29, 1.82) is 0 Å². The Morgan fingerprint density at radius 3 is 2.46 bits per heavy atom. The number of benzene rings is 1. The molecule has 1 amide bonds. The standard InChI is InChI=1S/C15H25N3O4S.ClH/c1-12(2)22-8-9-23(20,21)18-11-15(19)17-10-14(16)13-6-4-3-5-7-13;/h3-7,12,14,18H,8-11,16H2,1-2H3,(H,17,19);1H. The van der Waals surface area contributed by atoms with Gasteiger partial charge in [-0.1, -0.05) is 30.3 Å². The number of carbonyl (C=O) groups excluding carboxylic acids is 1. The molecule has 0 saturated heterocycles. The van der Waals surface area contributed by atoms with Crippen LogP contribution in [0.1, 0.15) is 25.5 Å². The number of sulfonamides is 1. The number of amides is 1. The highest BCUT2D eigenvalue weighted by Crippen LogP contribution is 2.07. The Bertz CT molecular complexity index is 582. The fourth-order valence-electron chi connectivity index (χ4n) is 1.75. The van der Waals surface area contributed by atoms with Gasteiger partial charge in [-0.3, -0.25) is 4.79 Å². The van der Waals surface area contributed by atoms with E-state index in [1.54, 1.807) is 0 Å². The fraction of sp³-hybridized carbons (Fsp3) is 0.533. The summed E-state index contributed by atoms with van der Waals surface area (Å²) >= 11 is 0. The van der Waals surface area contributed by atoms with Crippen molar-refractivity contribution in [3.05, 3.63) is 35.9 Å². The lowest BCUT2D eigenvalue weighted by atomic mass is 10.1. The zero-order valence-electron chi connectivity index (χ0n) is 13.9. The Balaban J connectivity index is 0.00000529. The molecule has 0 saturated carbocycles. The maximum Gasteiger partial charge on any atom is 0.235 e. The van der Waals surface area contributed by atoms with Gasteiger partial charge in [0, 0.05) is 12.6 Å². The van der Waals surface area contributed by atoms with Gasteiger partial charge in [-0.25, -0.2) is 13.1 Å². The normalized spacial score (nSPS) is 12.5. The van der Waals surface area contributed by atoms with Gasteiger partial charge < -0.3 is 15.8 Å². The Hall–Kier alpha value is -1.19. The largest absolute Gasteiger partial charge is 0.378 e. The molecule has 7 nitrogen and oxygen atoms in total. The number of nitrogens with two attached hydrogens (primary N) is 1. The minimum Gasteiger partial charge on any atom is -0.378 e. The fourth-order valence-corrected chi connectivity index (χ4v) is 2.56. The Morgan fingerprint density at radius 2 is 1.88 bits per heavy atom. The minimum atomic E-state index is -3.53. The van der Waals surface area contributed by atoms with Gasteiger partial charge in [0.15, 0.2) is 0 Å². The quantitative estimate of drug-likeness (QED) is 0.550. The summed E-state index contributed by atoms with van der Waals surface area (Å²) in [7, 11) is -3.53. The van der Waals surface area contributed by atoms with Crippen LogP contribution in [-0.4, -0.2) is 45.9 Å². The van der Waals surface area contributed by atoms with Crippen LogP contribution in [-0.2, 0) is 19.6 Å². The molecule has 24 heavy (non-hydrogen) atoms. The molecule has 0 aliphatic rings. The second kappa shape index (κ2) is 11.4. The SMILES string of the molecule is CC(C)OCCS(=O)(=O)NCC(=O)NCC(N)c1ccccc1.Cl. The summed E-state index contributed by atoms with van der Waals surface area (Å²) in [4.78, 5) is 11.7. The molecule has 4 N–H and O–H groups in total. The van der Waals surface area contributed by atoms with Crippen LogP contribution in [0.15, 0.2) is 30.3 Å². The molecule has 1 unspecified atom stereocenters. The van der Waals surface area contributed by atoms with Gasteiger partial charge in [-0.2, -0.15) is 0 Å². The van der Waals surface area contributed by atoms with Crippen LogP contribution in [0.2, 0.25) is 0 Å². The van der Waals surface area contributed by atoms with Crippen LogP contribution in [0, 0.1) is 0 Å². The van der Waals surface area contributed by atoms with E-state index < -0.39 is 15.9 Å². The Morgan fingerprint density at radius 1 is 1.25 bits per heavy atom. The summed E-state index contributed by atoms with van der Waals surface area (Å²) in [6, 6.07) is 9.01. The lowest BCUT2D eigenvalue weighted by Crippen LogP contribution is -2.40. The number of halogens is 1. The zero-order chi connectivity index (χ0) is 17.3. The van der Waals surface area contributed by atoms with E-state index in [1.807, 2.05) is 44.2 Å². The maximum atomic E-state index is 11.7. The van der Waals surface area contributed by atoms with E-state index in [0.29, 0.717) is 0 Å². The topological polar surface area (TPSA) is 111 Å². The van der Waals surface area contributed by atoms with E-state index >= 15 is 0 Å². The van der Waals surface area contributed by atoms with Crippen LogP contribution in [0.5, 0.6) is 0 Å². The molecule has 0 spiro atoms. The third-order valence-corrected chi connectivity index (χ3v) is 4.29. The first-order chi connectivity index (χ1) is 10.8. The molecule has 1 rings (SSSR count). The van der Waals surface area contributed by atoms with Crippen LogP contribution in [0.3, 0.4) is 0 Å². The molecule has 0 aromatic heterocycles. The van der Waals surface area contributed by atoms with E-state index in [1.165, 1.54) is 0 Å². The Labute approximate surface area is 149 Å². The number of hydrogen-bond donors (Lipinski definition) is 3. The van der Waals surface area contributed by atoms with Gasteiger partial charge >= 0.3 is 0 Å². The van der Waals surface area contributed by atoms with Gasteiger partial charge in [0.25, 0.3) is 0 Å². The van der Waals surface area contributed by atoms with Crippen molar-refractivity contribution in [2.75, 3.05) is 25.4 Å². The zero-order valence-corrected chi connectivity index (χ0v) is 15.5. The average Bonchev–Trinajstić information content (AvgIpc) is 2.51. The first kappa shape index (κ1) is 22.8. The number of rotatable bonds is 10. The van der Waals surface area contributed by atoms with Gasteiger partial charge in [0.1, 0.15) is 0 Å². The van der Waals surface area contributed by atoms with Gasteiger partial charge in [0.05, 0.1) is 25.0 Å². The maximum absolute atomic E-state index is 11.7. The molecular formula is C15H26ClN3O4S. The smallest absolute Gasteiger partial charge is 0.235 e. The molecule has 9 heteroatoms. The summed E-state index contributed by atoms with van der Waals surface area (Å²) in [6.07, 6.45) is -0.0343. The first-order valence-electron chi connectivity index (χ1n) is 7.46. The summed E-state index contributed by atoms with van der Waals surface area (Å²) in [5.41, 5.74) is 6.85. The predicted octanol–water partition coefficient (Wildman–Crippen LogP) is 0.569. The predicted molar refractivity (Wildman–Crippen MR) is 96.5 cm³/mol. The Kier molecular flexibility index (Phi) is 10.8. The third kappa shape index (κ3) is 9.84. The van der Waals surface area contributed by atoms with E-state index in [2.05, 4.69) is 10.0 Å². The highest BCUT2D eigenvalue weighted by Gasteiger charge is 2.13. The highest BCUT2D eigenvalue weighted by atomic mass is 35.5. The van der Waals surface area contributed by atoms with Crippen LogP contribution in [0.25, 0.3) is 0 Å². The molecule has 0 radical (unpaired) electrons. The third-order valence-electron chi connectivity index (χ3n) is 3.00. The molecule has 0 aliphatic carbocycles. The number of nitrogens with one attached hydrogen (secondary N) is 2. The summed E-state index contributed by atoms with van der Waals surface area (Å²) in [6.45, 7) is 3.66. The lowest BCUT2D eigenvalue weighted by Gasteiger charge is -2.13. The summed E-state index contributed by atoms with van der Waals surface area (Å²) < 4.78 is 30.8. The summed E-state index contributed by atoms with van der Waals surface area (Å²) in [5.74, 6) is -0.605. The number of hydrogen-bond acceptors (Lipinski definition) is 5. The molecule has 1 aromatic rings. The van der Waals surface area contributed by atoms with Crippen LogP contribution in [0.4, 0.5) is 0 Å². The van der Waals surface area contributed by atoms with Crippen molar-refractivity contribution < 1.29 is 17.9 Å². The molecule has 0 heterocycles. The van der Waals surface area contributed by atoms with Crippen molar-refractivity contribution in [3.63, 3.8) is 0 Å². The lowest BCUT2D eigenvalue weighted by molar-refractivity contribution is -0.120. The first-order valence-corrected chi connectivity index (χ1v) is 9.11. The average molecular weight is 380 g/mol. The van der Waals surface area contributed by atoms with Crippen molar-refractivity contribution >= 4 is 28.3 Å². The van der Waals surface area contributed by atoms with Crippen molar-refractivity contribution in [1.82, 2.24) is 10.0 Å². The monoisotopic (exact) mass is 379 g/mol. The highest BCUT2D eigenvalue weighted by molar-refractivity contribution is 7.89. The second-order valence-corrected chi connectivity index (χ2v) is 7.31. The van der Waals surface area contributed by atoms with E-state index in [9.17, 15) is 13.2 Å². The minimum absolute atomic E-state index is 0. The van der Waals surface area contributed by atoms with E-state index in [0.717, 1.165) is 5.56 Å². The van der Waals surface area contributed by atoms with E-state index in [-0.39, 0.29) is 50.0 Å². The molecule has 138 valence electrons. The van der Waals surface area contributed by atoms with Crippen molar-refractivity contribution in [2.45, 2.75) is 26.0 Å². The van der Waals surface area contributed by atoms with E-state index in [4.69, 9.17) is 10.5 Å². The molecule has 1 aromatic carbocycles. The van der Waals surface area contributed by atoms with Gasteiger partial charge in [-0.05, 0) is 19.4 Å². The molecule has 0 aliphatic heterocycles.